The topological polar surface area (TPSA) is 86.0 Å². The van der Waals surface area contributed by atoms with Gasteiger partial charge in [0.05, 0.1) is 30.9 Å². The van der Waals surface area contributed by atoms with Crippen LogP contribution in [0.25, 0.3) is 0 Å². The van der Waals surface area contributed by atoms with Crippen LogP contribution in [0.5, 0.6) is 11.5 Å². The van der Waals surface area contributed by atoms with Crippen LogP contribution >= 0.6 is 0 Å². The number of ketones is 1. The van der Waals surface area contributed by atoms with Crippen molar-refractivity contribution in [2.24, 2.45) is 0 Å². The molecule has 2 aliphatic rings. The van der Waals surface area contributed by atoms with Gasteiger partial charge in [-0.1, -0.05) is 12.1 Å². The van der Waals surface area contributed by atoms with E-state index in [-0.39, 0.29) is 23.7 Å². The Morgan fingerprint density at radius 1 is 1.06 bits per heavy atom. The molecule has 0 saturated carbocycles. The third kappa shape index (κ3) is 5.61. The molecule has 2 heterocycles. The molecule has 2 fully saturated rings. The molecule has 2 aromatic carbocycles. The van der Waals surface area contributed by atoms with E-state index in [0.717, 1.165) is 39.1 Å². The van der Waals surface area contributed by atoms with Gasteiger partial charge in [0.2, 0.25) is 0 Å². The van der Waals surface area contributed by atoms with Gasteiger partial charge >= 0.3 is 0 Å². The SMILES string of the molecule is N#Cc1ccccc1OCCCN1CC2CN(CC(=O)c3ccc(O)cc3)CC(C1)O2. The number of carbonyl (C=O) groups is 1. The number of para-hydroxylation sites is 1. The van der Waals surface area contributed by atoms with Crippen LogP contribution in [0.15, 0.2) is 48.5 Å². The van der Waals surface area contributed by atoms with E-state index < -0.39 is 0 Å². The quantitative estimate of drug-likeness (QED) is 0.517. The Morgan fingerprint density at radius 3 is 2.45 bits per heavy atom. The monoisotopic (exact) mass is 421 g/mol. The van der Waals surface area contributed by atoms with Crippen molar-refractivity contribution in [1.29, 1.82) is 5.26 Å². The largest absolute Gasteiger partial charge is 0.508 e. The van der Waals surface area contributed by atoms with Gasteiger partial charge in [-0.3, -0.25) is 14.6 Å². The summed E-state index contributed by atoms with van der Waals surface area (Å²) in [5, 5.41) is 18.5. The molecule has 2 unspecified atom stereocenters. The van der Waals surface area contributed by atoms with Gasteiger partial charge in [0.15, 0.2) is 5.78 Å². The van der Waals surface area contributed by atoms with E-state index in [2.05, 4.69) is 15.9 Å². The molecule has 1 N–H and O–H groups in total. The summed E-state index contributed by atoms with van der Waals surface area (Å²) < 4.78 is 11.9. The first kappa shape index (κ1) is 21.3. The van der Waals surface area contributed by atoms with Crippen LogP contribution < -0.4 is 4.74 Å². The highest BCUT2D eigenvalue weighted by Crippen LogP contribution is 2.21. The average Bonchev–Trinajstić information content (AvgIpc) is 2.77. The van der Waals surface area contributed by atoms with Crippen molar-refractivity contribution in [3.05, 3.63) is 59.7 Å². The third-order valence-corrected chi connectivity index (χ3v) is 5.67. The van der Waals surface area contributed by atoms with E-state index in [4.69, 9.17) is 14.7 Å². The van der Waals surface area contributed by atoms with Crippen LogP contribution in [0, 0.1) is 11.3 Å². The average molecular weight is 421 g/mol. The second kappa shape index (κ2) is 9.92. The number of hydrogen-bond donors (Lipinski definition) is 1. The summed E-state index contributed by atoms with van der Waals surface area (Å²) in [6.45, 7) is 5.01. The first-order valence-electron chi connectivity index (χ1n) is 10.6. The lowest BCUT2D eigenvalue weighted by atomic mass is 10.1. The van der Waals surface area contributed by atoms with E-state index in [1.807, 2.05) is 18.2 Å². The zero-order valence-electron chi connectivity index (χ0n) is 17.4. The van der Waals surface area contributed by atoms with Gasteiger partial charge in [-0.15, -0.1) is 0 Å². The van der Waals surface area contributed by atoms with Gasteiger partial charge in [-0.2, -0.15) is 5.26 Å². The molecule has 2 bridgehead atoms. The predicted octanol–water partition coefficient (Wildman–Crippen LogP) is 2.30. The number of carbonyl (C=O) groups excluding carboxylic acids is 1. The Balaban J connectivity index is 1.21. The third-order valence-electron chi connectivity index (χ3n) is 5.67. The number of nitrogens with zero attached hydrogens (tertiary/aromatic N) is 3. The summed E-state index contributed by atoms with van der Waals surface area (Å²) in [7, 11) is 0. The highest BCUT2D eigenvalue weighted by atomic mass is 16.5. The minimum absolute atomic E-state index is 0.0617. The molecule has 0 radical (unpaired) electrons. The molecule has 0 spiro atoms. The van der Waals surface area contributed by atoms with Gasteiger partial charge in [0.1, 0.15) is 17.6 Å². The summed E-state index contributed by atoms with van der Waals surface area (Å²) in [5.74, 6) is 0.863. The van der Waals surface area contributed by atoms with Crippen LogP contribution in [0.1, 0.15) is 22.3 Å². The Morgan fingerprint density at radius 2 is 1.74 bits per heavy atom. The number of nitriles is 1. The summed E-state index contributed by atoms with van der Waals surface area (Å²) >= 11 is 0. The highest BCUT2D eigenvalue weighted by Gasteiger charge is 2.35. The fraction of sp³-hybridized carbons (Fsp3) is 0.417. The molecule has 2 atom stereocenters. The molecule has 4 rings (SSSR count). The first-order chi connectivity index (χ1) is 15.1. The molecular weight excluding hydrogens is 394 g/mol. The minimum Gasteiger partial charge on any atom is -0.508 e. The lowest BCUT2D eigenvalue weighted by Gasteiger charge is -2.45. The standard InChI is InChI=1S/C24H27N3O4/c25-12-19-4-1-2-5-24(19)30-11-3-10-26-13-21-15-27(16-22(14-26)31-21)17-23(29)18-6-8-20(28)9-7-18/h1-2,4-9,21-22,28H,3,10-11,13-17H2. The molecule has 2 saturated heterocycles. The van der Waals surface area contributed by atoms with Crippen molar-refractivity contribution in [2.45, 2.75) is 18.6 Å². The molecule has 2 aromatic rings. The Kier molecular flexibility index (Phi) is 6.82. The smallest absolute Gasteiger partial charge is 0.176 e. The van der Waals surface area contributed by atoms with Crippen molar-refractivity contribution in [3.8, 4) is 17.6 Å². The van der Waals surface area contributed by atoms with Crippen molar-refractivity contribution in [3.63, 3.8) is 0 Å². The maximum atomic E-state index is 12.5. The number of ether oxygens (including phenoxy) is 2. The van der Waals surface area contributed by atoms with Crippen LogP contribution in [0.4, 0.5) is 0 Å². The number of rotatable bonds is 8. The van der Waals surface area contributed by atoms with Gasteiger partial charge < -0.3 is 14.6 Å². The lowest BCUT2D eigenvalue weighted by Crippen LogP contribution is -2.60. The number of fused-ring (bicyclic) bond motifs is 2. The Labute approximate surface area is 182 Å². The fourth-order valence-corrected chi connectivity index (χ4v) is 4.27. The second-order valence-corrected chi connectivity index (χ2v) is 8.11. The van der Waals surface area contributed by atoms with Gasteiger partial charge in [0, 0.05) is 38.3 Å². The zero-order valence-corrected chi connectivity index (χ0v) is 17.4. The Hall–Kier alpha value is -2.92. The summed E-state index contributed by atoms with van der Waals surface area (Å²) in [4.78, 5) is 17.1. The van der Waals surface area contributed by atoms with Gasteiger partial charge in [0.25, 0.3) is 0 Å². The molecule has 162 valence electrons. The van der Waals surface area contributed by atoms with E-state index in [1.54, 1.807) is 30.3 Å². The maximum Gasteiger partial charge on any atom is 0.176 e. The van der Waals surface area contributed by atoms with Crippen molar-refractivity contribution >= 4 is 5.78 Å². The van der Waals surface area contributed by atoms with E-state index in [0.29, 0.717) is 30.0 Å². The summed E-state index contributed by atoms with van der Waals surface area (Å²) in [6, 6.07) is 15.9. The molecule has 0 amide bonds. The number of hydrogen-bond acceptors (Lipinski definition) is 7. The van der Waals surface area contributed by atoms with E-state index >= 15 is 0 Å². The molecule has 7 heteroatoms. The van der Waals surface area contributed by atoms with Crippen LogP contribution in [-0.4, -0.2) is 78.8 Å². The molecule has 0 aromatic heterocycles. The van der Waals surface area contributed by atoms with Crippen LogP contribution in [0.3, 0.4) is 0 Å². The minimum atomic E-state index is 0.0617. The molecule has 2 aliphatic heterocycles. The van der Waals surface area contributed by atoms with E-state index in [1.165, 1.54) is 0 Å². The molecule has 0 aliphatic carbocycles. The number of phenolic OH excluding ortho intramolecular Hbond substituents is 1. The summed E-state index contributed by atoms with van der Waals surface area (Å²) in [6.07, 6.45) is 1.07. The lowest BCUT2D eigenvalue weighted by molar-refractivity contribution is -0.136. The molecule has 31 heavy (non-hydrogen) atoms. The second-order valence-electron chi connectivity index (χ2n) is 8.11. The van der Waals surface area contributed by atoms with Crippen molar-refractivity contribution < 1.29 is 19.4 Å². The molecular formula is C24H27N3O4. The zero-order chi connectivity index (χ0) is 21.6. The summed E-state index contributed by atoms with van der Waals surface area (Å²) in [5.41, 5.74) is 1.18. The van der Waals surface area contributed by atoms with Crippen molar-refractivity contribution in [1.82, 2.24) is 9.80 Å². The van der Waals surface area contributed by atoms with E-state index in [9.17, 15) is 9.90 Å². The van der Waals surface area contributed by atoms with Gasteiger partial charge in [-0.05, 0) is 42.8 Å². The fourth-order valence-electron chi connectivity index (χ4n) is 4.27. The Bertz CT molecular complexity index is 927. The normalized spacial score (nSPS) is 21.4. The molecule has 7 nitrogen and oxygen atoms in total. The highest BCUT2D eigenvalue weighted by molar-refractivity contribution is 5.97. The first-order valence-corrected chi connectivity index (χ1v) is 10.6. The number of phenols is 1. The number of Topliss-reactive ketones (excluding diaryl/α,β-unsaturated/α-hetero) is 1. The number of morpholine rings is 2. The van der Waals surface area contributed by atoms with Crippen LogP contribution in [-0.2, 0) is 4.74 Å². The predicted molar refractivity (Wildman–Crippen MR) is 115 cm³/mol. The number of aromatic hydroxyl groups is 1. The van der Waals surface area contributed by atoms with Crippen molar-refractivity contribution in [2.75, 3.05) is 45.9 Å². The maximum absolute atomic E-state index is 12.5. The van der Waals surface area contributed by atoms with Gasteiger partial charge in [-0.25, -0.2) is 0 Å². The van der Waals surface area contributed by atoms with Crippen LogP contribution in [0.2, 0.25) is 0 Å². The number of benzene rings is 2.